The summed E-state index contributed by atoms with van der Waals surface area (Å²) in [4.78, 5) is 4.32. The molecule has 2 heteroatoms. The fraction of sp³-hybridized carbons (Fsp3) is 0.484. The SMILES string of the molecule is C#C/C=C\C=C1\CC2=CC(N(C)C)C=C3Cc4ccc(C(C)(C)C)cc4C(C1)C23.CN(C)C. The lowest BCUT2D eigenvalue weighted by molar-refractivity contribution is 0.365. The Balaban J connectivity index is 0.000000709. The second-order valence-corrected chi connectivity index (χ2v) is 11.4. The van der Waals surface area contributed by atoms with Crippen LogP contribution in [0, 0.1) is 18.3 Å². The molecule has 0 radical (unpaired) electrons. The average Bonchev–Trinajstić information content (AvgIpc) is 2.72. The van der Waals surface area contributed by atoms with Crippen LogP contribution in [0.1, 0.15) is 56.2 Å². The van der Waals surface area contributed by atoms with Crippen molar-refractivity contribution in [3.63, 3.8) is 0 Å². The van der Waals surface area contributed by atoms with Crippen LogP contribution in [0.3, 0.4) is 0 Å². The average molecular weight is 443 g/mol. The van der Waals surface area contributed by atoms with E-state index >= 15 is 0 Å². The summed E-state index contributed by atoms with van der Waals surface area (Å²) < 4.78 is 0. The minimum atomic E-state index is 0.176. The summed E-state index contributed by atoms with van der Waals surface area (Å²) in [6.07, 6.45) is 19.8. The number of likely N-dealkylation sites (N-methyl/N-ethyl adjacent to an activating group) is 1. The van der Waals surface area contributed by atoms with Crippen molar-refractivity contribution in [3.05, 3.63) is 82.0 Å². The van der Waals surface area contributed by atoms with Gasteiger partial charge in [-0.1, -0.05) is 85.9 Å². The molecule has 3 aliphatic rings. The number of hydrogen-bond donors (Lipinski definition) is 0. The predicted molar refractivity (Wildman–Crippen MR) is 144 cm³/mol. The maximum atomic E-state index is 5.41. The van der Waals surface area contributed by atoms with Crippen LogP contribution in [0.2, 0.25) is 0 Å². The number of rotatable bonds is 2. The van der Waals surface area contributed by atoms with Crippen molar-refractivity contribution in [2.45, 2.75) is 57.4 Å². The van der Waals surface area contributed by atoms with Crippen molar-refractivity contribution in [2.24, 2.45) is 5.92 Å². The maximum Gasteiger partial charge on any atom is 0.0461 e. The van der Waals surface area contributed by atoms with Gasteiger partial charge in [-0.05, 0) is 88.6 Å². The summed E-state index contributed by atoms with van der Waals surface area (Å²) >= 11 is 0. The minimum Gasteiger partial charge on any atom is -0.312 e. The normalized spacial score (nSPS) is 25.1. The van der Waals surface area contributed by atoms with E-state index in [-0.39, 0.29) is 5.41 Å². The van der Waals surface area contributed by atoms with E-state index in [4.69, 9.17) is 6.42 Å². The zero-order chi connectivity index (χ0) is 24.3. The minimum absolute atomic E-state index is 0.176. The number of allylic oxidation sites excluding steroid dienone is 6. The Bertz CT molecular complexity index is 1020. The summed E-state index contributed by atoms with van der Waals surface area (Å²) in [5.41, 5.74) is 9.43. The van der Waals surface area contributed by atoms with Crippen molar-refractivity contribution in [1.82, 2.24) is 9.80 Å². The van der Waals surface area contributed by atoms with Crippen LogP contribution in [0.15, 0.2) is 65.3 Å². The molecule has 176 valence electrons. The van der Waals surface area contributed by atoms with E-state index in [1.807, 2.05) is 32.1 Å². The third-order valence-corrected chi connectivity index (χ3v) is 6.81. The first-order valence-electron chi connectivity index (χ1n) is 12.1. The monoisotopic (exact) mass is 442 g/mol. The first kappa shape index (κ1) is 25.3. The molecule has 33 heavy (non-hydrogen) atoms. The van der Waals surface area contributed by atoms with Crippen LogP contribution < -0.4 is 0 Å². The highest BCUT2D eigenvalue weighted by atomic mass is 15.1. The molecule has 0 heterocycles. The van der Waals surface area contributed by atoms with Gasteiger partial charge < -0.3 is 4.90 Å². The Labute approximate surface area is 202 Å². The number of benzene rings is 1. The van der Waals surface area contributed by atoms with Gasteiger partial charge in [0.15, 0.2) is 0 Å². The Morgan fingerprint density at radius 3 is 2.21 bits per heavy atom. The zero-order valence-corrected chi connectivity index (χ0v) is 21.9. The molecule has 1 aromatic rings. The van der Waals surface area contributed by atoms with Crippen molar-refractivity contribution in [2.75, 3.05) is 35.2 Å². The van der Waals surface area contributed by atoms with Gasteiger partial charge in [0.2, 0.25) is 0 Å². The summed E-state index contributed by atoms with van der Waals surface area (Å²) in [5, 5.41) is 0. The van der Waals surface area contributed by atoms with Gasteiger partial charge in [-0.3, -0.25) is 4.90 Å². The molecule has 0 amide bonds. The lowest BCUT2D eigenvalue weighted by atomic mass is 9.60. The lowest BCUT2D eigenvalue weighted by Gasteiger charge is -2.45. The van der Waals surface area contributed by atoms with E-state index in [0.717, 1.165) is 19.3 Å². The molecule has 1 aromatic carbocycles. The third-order valence-electron chi connectivity index (χ3n) is 6.81. The fourth-order valence-corrected chi connectivity index (χ4v) is 5.26. The first-order valence-corrected chi connectivity index (χ1v) is 12.1. The van der Waals surface area contributed by atoms with Crippen LogP contribution in [0.25, 0.3) is 0 Å². The van der Waals surface area contributed by atoms with Crippen molar-refractivity contribution in [3.8, 4) is 12.3 Å². The first-order chi connectivity index (χ1) is 15.5. The van der Waals surface area contributed by atoms with Crippen molar-refractivity contribution < 1.29 is 0 Å². The van der Waals surface area contributed by atoms with E-state index in [0.29, 0.717) is 17.9 Å². The largest absolute Gasteiger partial charge is 0.312 e. The van der Waals surface area contributed by atoms with Crippen LogP contribution in [-0.2, 0) is 11.8 Å². The van der Waals surface area contributed by atoms with Gasteiger partial charge >= 0.3 is 0 Å². The summed E-state index contributed by atoms with van der Waals surface area (Å²) in [6, 6.07) is 7.64. The van der Waals surface area contributed by atoms with Crippen molar-refractivity contribution >= 4 is 0 Å². The van der Waals surface area contributed by atoms with Gasteiger partial charge in [0.25, 0.3) is 0 Å². The predicted octanol–water partition coefficient (Wildman–Crippen LogP) is 6.12. The highest BCUT2D eigenvalue weighted by Gasteiger charge is 2.41. The van der Waals surface area contributed by atoms with E-state index in [1.54, 1.807) is 22.8 Å². The van der Waals surface area contributed by atoms with Gasteiger partial charge in [0.1, 0.15) is 0 Å². The molecule has 1 fully saturated rings. The second kappa shape index (κ2) is 10.3. The van der Waals surface area contributed by atoms with Crippen LogP contribution in [0.5, 0.6) is 0 Å². The number of nitrogens with zero attached hydrogens (tertiary/aromatic N) is 2. The molecule has 4 rings (SSSR count). The number of hydrogen-bond acceptors (Lipinski definition) is 2. The van der Waals surface area contributed by atoms with E-state index in [2.05, 4.69) is 82.1 Å². The fourth-order valence-electron chi connectivity index (χ4n) is 5.26. The Morgan fingerprint density at radius 1 is 1.00 bits per heavy atom. The number of fused-ring (bicyclic) bond motifs is 2. The van der Waals surface area contributed by atoms with Crippen LogP contribution in [-0.4, -0.2) is 51.1 Å². The molecule has 3 atom stereocenters. The smallest absolute Gasteiger partial charge is 0.0461 e. The van der Waals surface area contributed by atoms with Crippen LogP contribution >= 0.6 is 0 Å². The summed E-state index contributed by atoms with van der Waals surface area (Å²) in [6.45, 7) is 6.94. The highest BCUT2D eigenvalue weighted by Crippen LogP contribution is 2.53. The molecule has 0 spiro atoms. The molecule has 1 saturated carbocycles. The summed E-state index contributed by atoms with van der Waals surface area (Å²) in [7, 11) is 10.4. The molecule has 3 unspecified atom stereocenters. The number of terminal acetylenes is 1. The zero-order valence-electron chi connectivity index (χ0n) is 21.9. The van der Waals surface area contributed by atoms with Crippen molar-refractivity contribution in [1.29, 1.82) is 0 Å². The van der Waals surface area contributed by atoms with Gasteiger partial charge in [0, 0.05) is 12.0 Å². The topological polar surface area (TPSA) is 6.48 Å². The molecular weight excluding hydrogens is 400 g/mol. The standard InChI is InChI=1S/C28H33N.C3H9N/c1-7-8-9-10-19-13-21-16-24(29(5)6)17-22-15-20-11-12-23(28(2,3)4)18-25(20)26(14-19)27(21)22;1-4(2)3/h1,8-12,16-18,24,26-27H,13-15H2,2-6H3;1-3H3/b9-8-,19-10-;. The molecule has 0 saturated heterocycles. The molecule has 0 N–H and O–H groups in total. The van der Waals surface area contributed by atoms with Crippen LogP contribution in [0.4, 0.5) is 0 Å². The highest BCUT2D eigenvalue weighted by molar-refractivity contribution is 5.52. The van der Waals surface area contributed by atoms with Gasteiger partial charge in [-0.15, -0.1) is 6.42 Å². The van der Waals surface area contributed by atoms with E-state index in [9.17, 15) is 0 Å². The second-order valence-electron chi connectivity index (χ2n) is 11.4. The molecular formula is C31H42N2. The maximum absolute atomic E-state index is 5.41. The molecule has 2 nitrogen and oxygen atoms in total. The Morgan fingerprint density at radius 2 is 1.64 bits per heavy atom. The van der Waals surface area contributed by atoms with Gasteiger partial charge in [-0.25, -0.2) is 0 Å². The molecule has 0 bridgehead atoms. The van der Waals surface area contributed by atoms with E-state index in [1.165, 1.54) is 16.7 Å². The van der Waals surface area contributed by atoms with Gasteiger partial charge in [-0.2, -0.15) is 0 Å². The summed E-state index contributed by atoms with van der Waals surface area (Å²) in [5.74, 6) is 3.73. The molecule has 3 aliphatic carbocycles. The third kappa shape index (κ3) is 5.97. The quantitative estimate of drug-likeness (QED) is 0.402. The van der Waals surface area contributed by atoms with E-state index < -0.39 is 0 Å². The van der Waals surface area contributed by atoms with Gasteiger partial charge in [0.05, 0.1) is 0 Å². The molecule has 0 aliphatic heterocycles. The Hall–Kier alpha value is -2.34. The Kier molecular flexibility index (Phi) is 7.88. The lowest BCUT2D eigenvalue weighted by Crippen LogP contribution is -2.36. The molecule has 0 aromatic heterocycles.